The molecule has 0 radical (unpaired) electrons. The maximum absolute atomic E-state index is 10.7. The summed E-state index contributed by atoms with van der Waals surface area (Å²) in [4.78, 5) is 0. The van der Waals surface area contributed by atoms with Crippen LogP contribution in [0.1, 0.15) is 78.1 Å². The van der Waals surface area contributed by atoms with Crippen molar-refractivity contribution in [2.75, 3.05) is 26.2 Å². The second kappa shape index (κ2) is 12.1. The zero-order chi connectivity index (χ0) is 19.4. The molecule has 1 rings (SSSR count). The number of hydrogen-bond donors (Lipinski definition) is 0. The maximum atomic E-state index is 10.7. The minimum absolute atomic E-state index is 1.37. The van der Waals surface area contributed by atoms with Crippen LogP contribution in [0.15, 0.2) is 0 Å². The van der Waals surface area contributed by atoms with Crippen LogP contribution >= 0.6 is 0 Å². The normalized spacial score (nSPS) is 17.2. The number of quaternary nitrogens is 1. The SMILES string of the molecule is CCCCCCCC[N+]1(CCCC)CCCC1.O=S(=O)([O-])C(F)(F)F. The number of rotatable bonds is 10. The molecule has 4 nitrogen and oxygen atoms in total. The van der Waals surface area contributed by atoms with Gasteiger partial charge in [-0.1, -0.05) is 46.0 Å². The zero-order valence-corrected chi connectivity index (χ0v) is 16.4. The highest BCUT2D eigenvalue weighted by atomic mass is 32.2. The molecule has 0 amide bonds. The summed E-state index contributed by atoms with van der Waals surface area (Å²) < 4.78 is 60.4. The molecule has 25 heavy (non-hydrogen) atoms. The summed E-state index contributed by atoms with van der Waals surface area (Å²) >= 11 is 0. The number of hydrogen-bond acceptors (Lipinski definition) is 3. The lowest BCUT2D eigenvalue weighted by Crippen LogP contribution is -2.46. The average Bonchev–Trinajstić information content (AvgIpc) is 2.97. The van der Waals surface area contributed by atoms with E-state index in [0.29, 0.717) is 0 Å². The van der Waals surface area contributed by atoms with Gasteiger partial charge < -0.3 is 9.04 Å². The molecule has 0 spiro atoms. The molecule has 0 atom stereocenters. The maximum Gasteiger partial charge on any atom is 0.485 e. The van der Waals surface area contributed by atoms with Crippen LogP contribution in [0.5, 0.6) is 0 Å². The van der Waals surface area contributed by atoms with E-state index in [4.69, 9.17) is 13.0 Å². The van der Waals surface area contributed by atoms with Crippen LogP contribution in [0.4, 0.5) is 13.2 Å². The molecular weight excluding hydrogens is 355 g/mol. The third-order valence-corrected chi connectivity index (χ3v) is 5.34. The van der Waals surface area contributed by atoms with Gasteiger partial charge in [-0.25, -0.2) is 8.42 Å². The van der Waals surface area contributed by atoms with Crippen LogP contribution in [0.25, 0.3) is 0 Å². The van der Waals surface area contributed by atoms with Crippen LogP contribution < -0.4 is 0 Å². The lowest BCUT2D eigenvalue weighted by molar-refractivity contribution is -0.917. The predicted molar refractivity (Wildman–Crippen MR) is 93.0 cm³/mol. The van der Waals surface area contributed by atoms with Crippen LogP contribution in [0.2, 0.25) is 0 Å². The van der Waals surface area contributed by atoms with Gasteiger partial charge in [-0.2, -0.15) is 13.2 Å². The highest BCUT2D eigenvalue weighted by Crippen LogP contribution is 2.22. The van der Waals surface area contributed by atoms with Gasteiger partial charge in [0, 0.05) is 12.8 Å². The van der Waals surface area contributed by atoms with Gasteiger partial charge in [0.25, 0.3) is 0 Å². The second-order valence-electron chi connectivity index (χ2n) is 6.96. The van der Waals surface area contributed by atoms with Crippen molar-refractivity contribution in [2.24, 2.45) is 0 Å². The van der Waals surface area contributed by atoms with Crippen molar-refractivity contribution in [2.45, 2.75) is 83.6 Å². The van der Waals surface area contributed by atoms with Crippen molar-refractivity contribution in [3.63, 3.8) is 0 Å². The Morgan fingerprint density at radius 1 is 0.840 bits per heavy atom. The average molecular weight is 390 g/mol. The smallest absolute Gasteiger partial charge is 0.485 e. The number of alkyl halides is 3. The molecule has 0 N–H and O–H groups in total. The third kappa shape index (κ3) is 11.1. The molecule has 0 aliphatic carbocycles. The number of likely N-dealkylation sites (tertiary alicyclic amines) is 1. The Balaban J connectivity index is 0.000000609. The Kier molecular flexibility index (Phi) is 12.0. The zero-order valence-electron chi connectivity index (χ0n) is 15.6. The minimum Gasteiger partial charge on any atom is -0.741 e. The quantitative estimate of drug-likeness (QED) is 0.233. The first-order valence-corrected chi connectivity index (χ1v) is 10.9. The van der Waals surface area contributed by atoms with Crippen LogP contribution in [-0.2, 0) is 10.1 Å². The molecule has 0 aromatic rings. The Morgan fingerprint density at radius 2 is 1.24 bits per heavy atom. The highest BCUT2D eigenvalue weighted by Gasteiger charge is 2.37. The lowest BCUT2D eigenvalue weighted by atomic mass is 10.1. The van der Waals surface area contributed by atoms with Crippen molar-refractivity contribution in [1.82, 2.24) is 0 Å². The van der Waals surface area contributed by atoms with Crippen molar-refractivity contribution in [3.8, 4) is 0 Å². The lowest BCUT2D eigenvalue weighted by Gasteiger charge is -2.34. The van der Waals surface area contributed by atoms with E-state index in [1.165, 1.54) is 94.9 Å². The number of nitrogens with zero attached hydrogens (tertiary/aromatic N) is 1. The van der Waals surface area contributed by atoms with Gasteiger partial charge in [-0.3, -0.25) is 0 Å². The van der Waals surface area contributed by atoms with Gasteiger partial charge >= 0.3 is 5.51 Å². The van der Waals surface area contributed by atoms with Crippen molar-refractivity contribution < 1.29 is 30.6 Å². The van der Waals surface area contributed by atoms with E-state index in [9.17, 15) is 13.2 Å². The Bertz CT molecular complexity index is 433. The van der Waals surface area contributed by atoms with Crippen molar-refractivity contribution in [3.05, 3.63) is 0 Å². The first-order chi connectivity index (χ1) is 11.6. The van der Waals surface area contributed by atoms with Gasteiger partial charge in [-0.15, -0.1) is 0 Å². The summed E-state index contributed by atoms with van der Waals surface area (Å²) in [6.07, 6.45) is 14.5. The van der Waals surface area contributed by atoms with Crippen LogP contribution in [0, 0.1) is 0 Å². The van der Waals surface area contributed by atoms with Crippen molar-refractivity contribution >= 4 is 10.1 Å². The van der Waals surface area contributed by atoms with Gasteiger partial charge in [0.2, 0.25) is 0 Å². The fraction of sp³-hybridized carbons (Fsp3) is 1.00. The molecule has 8 heteroatoms. The number of halogens is 3. The Labute approximate surface area is 151 Å². The molecule has 1 saturated heterocycles. The Hall–Kier alpha value is -0.340. The summed E-state index contributed by atoms with van der Waals surface area (Å²) in [6.45, 7) is 10.5. The molecule has 152 valence electrons. The third-order valence-electron chi connectivity index (χ3n) is 4.77. The summed E-state index contributed by atoms with van der Waals surface area (Å²) in [7, 11) is -6.09. The fourth-order valence-electron chi connectivity index (χ4n) is 3.29. The van der Waals surface area contributed by atoms with Gasteiger partial charge in [0.1, 0.15) is 0 Å². The van der Waals surface area contributed by atoms with Crippen LogP contribution in [-0.4, -0.2) is 49.1 Å². The summed E-state index contributed by atoms with van der Waals surface area (Å²) in [5.41, 5.74) is -5.65. The first-order valence-electron chi connectivity index (χ1n) is 9.45. The Morgan fingerprint density at radius 3 is 1.68 bits per heavy atom. The van der Waals surface area contributed by atoms with Crippen LogP contribution in [0.3, 0.4) is 0 Å². The standard InChI is InChI=1S/C16H34N.CHF3O3S/c1-3-5-7-8-9-10-14-17(13-6-4-2)15-11-12-16-17;2-1(3,4)8(5,6)7/h3-16H2,1-2H3;(H,5,6,7)/q+1;/p-1. The molecular formula is C17H34F3NO3S. The summed E-state index contributed by atoms with van der Waals surface area (Å²) in [5, 5.41) is 0. The topological polar surface area (TPSA) is 57.2 Å². The molecule has 1 fully saturated rings. The van der Waals surface area contributed by atoms with E-state index >= 15 is 0 Å². The second-order valence-corrected chi connectivity index (χ2v) is 8.34. The molecule has 1 aliphatic rings. The molecule has 0 saturated carbocycles. The molecule has 0 bridgehead atoms. The molecule has 0 unspecified atom stereocenters. The van der Waals surface area contributed by atoms with E-state index in [2.05, 4.69) is 13.8 Å². The molecule has 1 heterocycles. The van der Waals surface area contributed by atoms with Crippen molar-refractivity contribution in [1.29, 1.82) is 0 Å². The van der Waals surface area contributed by atoms with E-state index < -0.39 is 15.6 Å². The van der Waals surface area contributed by atoms with E-state index in [1.807, 2.05) is 0 Å². The van der Waals surface area contributed by atoms with Gasteiger partial charge in [0.05, 0.1) is 26.2 Å². The van der Waals surface area contributed by atoms with Gasteiger partial charge in [0.15, 0.2) is 10.1 Å². The first kappa shape index (κ1) is 24.7. The van der Waals surface area contributed by atoms with E-state index in [0.717, 1.165) is 0 Å². The van der Waals surface area contributed by atoms with Gasteiger partial charge in [-0.05, 0) is 19.3 Å². The molecule has 0 aromatic carbocycles. The minimum atomic E-state index is -6.09. The van der Waals surface area contributed by atoms with E-state index in [-0.39, 0.29) is 0 Å². The number of unbranched alkanes of at least 4 members (excludes halogenated alkanes) is 6. The summed E-state index contributed by atoms with van der Waals surface area (Å²) in [5.74, 6) is 0. The fourth-order valence-corrected chi connectivity index (χ4v) is 3.29. The highest BCUT2D eigenvalue weighted by molar-refractivity contribution is 7.86. The summed E-state index contributed by atoms with van der Waals surface area (Å²) in [6, 6.07) is 0. The van der Waals surface area contributed by atoms with E-state index in [1.54, 1.807) is 0 Å². The predicted octanol–water partition coefficient (Wildman–Crippen LogP) is 4.81. The molecule has 0 aromatic heterocycles. The molecule has 1 aliphatic heterocycles. The largest absolute Gasteiger partial charge is 0.741 e. The monoisotopic (exact) mass is 389 g/mol.